The van der Waals surface area contributed by atoms with E-state index in [0.29, 0.717) is 6.54 Å². The van der Waals surface area contributed by atoms with Crippen LogP contribution in [0.15, 0.2) is 12.3 Å². The third-order valence-electron chi connectivity index (χ3n) is 3.78. The van der Waals surface area contributed by atoms with Crippen molar-refractivity contribution in [2.45, 2.75) is 6.92 Å². The number of hydrogen-bond donors (Lipinski definition) is 0. The van der Waals surface area contributed by atoms with Crippen molar-refractivity contribution in [2.24, 2.45) is 0 Å². The molecule has 0 bridgehead atoms. The van der Waals surface area contributed by atoms with Crippen molar-refractivity contribution < 1.29 is 9.72 Å². The number of anilines is 1. The normalized spacial score (nSPS) is 15.7. The number of amides is 1. The van der Waals surface area contributed by atoms with Crippen molar-refractivity contribution in [3.05, 3.63) is 27.9 Å². The average Bonchev–Trinajstić information content (AvgIpc) is 2.48. The molecule has 8 heteroatoms. The van der Waals surface area contributed by atoms with Gasteiger partial charge in [0.1, 0.15) is 12.0 Å². The molecule has 1 aromatic rings. The Kier molecular flexibility index (Phi) is 4.92. The molecule has 0 aliphatic carbocycles. The fraction of sp³-hybridized carbons (Fsp3) is 0.571. The molecule has 0 radical (unpaired) electrons. The number of nitrogens with zero attached hydrogens (tertiary/aromatic N) is 5. The van der Waals surface area contributed by atoms with Crippen molar-refractivity contribution in [2.75, 3.05) is 51.7 Å². The lowest BCUT2D eigenvalue weighted by Crippen LogP contribution is -2.49. The molecule has 1 aromatic heterocycles. The number of piperazine rings is 1. The van der Waals surface area contributed by atoms with Crippen LogP contribution in [-0.4, -0.2) is 72.4 Å². The number of nitro groups is 1. The standard InChI is InChI=1S/C14H21N5O3/c1-11-8-12(19(21)22)9-15-14(11)18-6-4-17(5-7-18)10-13(20)16(2)3/h8-9H,4-7,10H2,1-3H3. The lowest BCUT2D eigenvalue weighted by Gasteiger charge is -2.35. The summed E-state index contributed by atoms with van der Waals surface area (Å²) in [5.41, 5.74) is 0.809. The van der Waals surface area contributed by atoms with Crippen molar-refractivity contribution in [1.82, 2.24) is 14.8 Å². The fourth-order valence-electron chi connectivity index (χ4n) is 2.43. The number of carbonyl (C=O) groups is 1. The van der Waals surface area contributed by atoms with E-state index in [4.69, 9.17) is 0 Å². The van der Waals surface area contributed by atoms with Gasteiger partial charge in [-0.15, -0.1) is 0 Å². The van der Waals surface area contributed by atoms with Gasteiger partial charge in [-0.25, -0.2) is 4.98 Å². The van der Waals surface area contributed by atoms with Gasteiger partial charge in [0.25, 0.3) is 5.69 Å². The van der Waals surface area contributed by atoms with Crippen LogP contribution in [0.1, 0.15) is 5.56 Å². The van der Waals surface area contributed by atoms with Crippen molar-refractivity contribution in [1.29, 1.82) is 0 Å². The number of aromatic nitrogens is 1. The number of likely N-dealkylation sites (N-methyl/N-ethyl adjacent to an activating group) is 1. The highest BCUT2D eigenvalue weighted by molar-refractivity contribution is 5.77. The molecule has 2 heterocycles. The molecule has 1 aliphatic rings. The van der Waals surface area contributed by atoms with Crippen LogP contribution in [0.3, 0.4) is 0 Å². The second-order valence-electron chi connectivity index (χ2n) is 5.64. The smallest absolute Gasteiger partial charge is 0.287 e. The summed E-state index contributed by atoms with van der Waals surface area (Å²) in [6, 6.07) is 1.55. The molecular weight excluding hydrogens is 286 g/mol. The van der Waals surface area contributed by atoms with Crippen LogP contribution >= 0.6 is 0 Å². The van der Waals surface area contributed by atoms with Gasteiger partial charge < -0.3 is 9.80 Å². The first kappa shape index (κ1) is 16.2. The van der Waals surface area contributed by atoms with Gasteiger partial charge in [-0.2, -0.15) is 0 Å². The number of rotatable bonds is 4. The molecule has 0 N–H and O–H groups in total. The maximum atomic E-state index is 11.7. The zero-order valence-corrected chi connectivity index (χ0v) is 13.2. The van der Waals surface area contributed by atoms with Gasteiger partial charge in [0.2, 0.25) is 5.91 Å². The predicted molar refractivity (Wildman–Crippen MR) is 83.0 cm³/mol. The first-order chi connectivity index (χ1) is 10.4. The molecule has 0 spiro atoms. The second-order valence-corrected chi connectivity index (χ2v) is 5.64. The Bertz CT molecular complexity index is 568. The summed E-state index contributed by atoms with van der Waals surface area (Å²) >= 11 is 0. The summed E-state index contributed by atoms with van der Waals surface area (Å²) in [6.07, 6.45) is 1.30. The Morgan fingerprint density at radius 2 is 2.00 bits per heavy atom. The van der Waals surface area contributed by atoms with Gasteiger partial charge in [0, 0.05) is 46.3 Å². The van der Waals surface area contributed by atoms with Crippen molar-refractivity contribution >= 4 is 17.4 Å². The van der Waals surface area contributed by atoms with Gasteiger partial charge in [-0.05, 0) is 12.5 Å². The summed E-state index contributed by atoms with van der Waals surface area (Å²) in [4.78, 5) is 32.1. The molecule has 0 atom stereocenters. The molecule has 1 fully saturated rings. The summed E-state index contributed by atoms with van der Waals surface area (Å²) in [5.74, 6) is 0.877. The van der Waals surface area contributed by atoms with E-state index in [1.54, 1.807) is 25.1 Å². The molecule has 120 valence electrons. The van der Waals surface area contributed by atoms with Crippen molar-refractivity contribution in [3.63, 3.8) is 0 Å². The van der Waals surface area contributed by atoms with Gasteiger partial charge in [-0.3, -0.25) is 19.8 Å². The molecule has 1 saturated heterocycles. The average molecular weight is 307 g/mol. The molecule has 22 heavy (non-hydrogen) atoms. The summed E-state index contributed by atoms with van der Waals surface area (Å²) in [5, 5.41) is 10.8. The first-order valence-corrected chi connectivity index (χ1v) is 7.17. The fourth-order valence-corrected chi connectivity index (χ4v) is 2.43. The summed E-state index contributed by atoms with van der Waals surface area (Å²) < 4.78 is 0. The van der Waals surface area contributed by atoms with Crippen LogP contribution in [0.5, 0.6) is 0 Å². The molecule has 1 amide bonds. The second kappa shape index (κ2) is 6.69. The molecular formula is C14H21N5O3. The van der Waals surface area contributed by atoms with Gasteiger partial charge >= 0.3 is 0 Å². The Morgan fingerprint density at radius 3 is 2.50 bits per heavy atom. The van der Waals surface area contributed by atoms with Crippen LogP contribution in [0.4, 0.5) is 11.5 Å². The van der Waals surface area contributed by atoms with E-state index in [-0.39, 0.29) is 11.6 Å². The van der Waals surface area contributed by atoms with Crippen LogP contribution in [0.2, 0.25) is 0 Å². The number of carbonyl (C=O) groups excluding carboxylic acids is 1. The van der Waals surface area contributed by atoms with Gasteiger partial charge in [0.05, 0.1) is 11.5 Å². The SMILES string of the molecule is Cc1cc([N+](=O)[O-])cnc1N1CCN(CC(=O)N(C)C)CC1. The van der Waals surface area contributed by atoms with E-state index >= 15 is 0 Å². The van der Waals surface area contributed by atoms with E-state index in [2.05, 4.69) is 14.8 Å². The minimum Gasteiger partial charge on any atom is -0.354 e. The van der Waals surface area contributed by atoms with E-state index in [1.807, 2.05) is 6.92 Å². The minimum absolute atomic E-state index is 0.0106. The van der Waals surface area contributed by atoms with Crippen LogP contribution < -0.4 is 4.90 Å². The maximum absolute atomic E-state index is 11.7. The summed E-state index contributed by atoms with van der Waals surface area (Å²) in [7, 11) is 3.51. The zero-order valence-electron chi connectivity index (χ0n) is 13.2. The highest BCUT2D eigenvalue weighted by Crippen LogP contribution is 2.22. The Balaban J connectivity index is 1.97. The molecule has 1 aliphatic heterocycles. The topological polar surface area (TPSA) is 82.8 Å². The Labute approximate surface area is 129 Å². The van der Waals surface area contributed by atoms with E-state index in [1.165, 1.54) is 6.20 Å². The largest absolute Gasteiger partial charge is 0.354 e. The quantitative estimate of drug-likeness (QED) is 0.595. The van der Waals surface area contributed by atoms with E-state index < -0.39 is 4.92 Å². The number of hydrogen-bond acceptors (Lipinski definition) is 6. The molecule has 0 saturated carbocycles. The van der Waals surface area contributed by atoms with Crippen LogP contribution in [0, 0.1) is 17.0 Å². The Morgan fingerprint density at radius 1 is 1.36 bits per heavy atom. The van der Waals surface area contributed by atoms with E-state index in [0.717, 1.165) is 37.6 Å². The summed E-state index contributed by atoms with van der Waals surface area (Å²) in [6.45, 7) is 5.32. The molecule has 2 rings (SSSR count). The monoisotopic (exact) mass is 307 g/mol. The number of aryl methyl sites for hydroxylation is 1. The van der Waals surface area contributed by atoms with Crippen LogP contribution in [0.25, 0.3) is 0 Å². The lowest BCUT2D eigenvalue weighted by molar-refractivity contribution is -0.385. The van der Waals surface area contributed by atoms with E-state index in [9.17, 15) is 14.9 Å². The minimum atomic E-state index is -0.436. The molecule has 8 nitrogen and oxygen atoms in total. The highest BCUT2D eigenvalue weighted by atomic mass is 16.6. The third kappa shape index (κ3) is 3.70. The van der Waals surface area contributed by atoms with Gasteiger partial charge in [0.15, 0.2) is 0 Å². The van der Waals surface area contributed by atoms with Crippen LogP contribution in [-0.2, 0) is 4.79 Å². The van der Waals surface area contributed by atoms with Crippen molar-refractivity contribution in [3.8, 4) is 0 Å². The molecule has 0 unspecified atom stereocenters. The Hall–Kier alpha value is -2.22. The number of pyridine rings is 1. The first-order valence-electron chi connectivity index (χ1n) is 7.17. The maximum Gasteiger partial charge on any atom is 0.287 e. The van der Waals surface area contributed by atoms with Gasteiger partial charge in [-0.1, -0.05) is 0 Å². The highest BCUT2D eigenvalue weighted by Gasteiger charge is 2.22. The predicted octanol–water partition coefficient (Wildman–Crippen LogP) is 0.508. The molecule has 0 aromatic carbocycles. The zero-order chi connectivity index (χ0) is 16.3. The third-order valence-corrected chi connectivity index (χ3v) is 3.78. The lowest BCUT2D eigenvalue weighted by atomic mass is 10.2.